The first-order chi connectivity index (χ1) is 11.5. The SMILES string of the molecule is Cc1ccc([C@@H](C)Oc2nccnc2-c2ccc(N)cc2)c(Cl)c1. The number of ether oxygens (including phenoxy) is 1. The van der Waals surface area contributed by atoms with Crippen molar-refractivity contribution < 1.29 is 4.74 Å². The zero-order valence-electron chi connectivity index (χ0n) is 13.5. The highest BCUT2D eigenvalue weighted by molar-refractivity contribution is 6.31. The smallest absolute Gasteiger partial charge is 0.241 e. The lowest BCUT2D eigenvalue weighted by molar-refractivity contribution is 0.218. The van der Waals surface area contributed by atoms with Crippen LogP contribution in [0.3, 0.4) is 0 Å². The Morgan fingerprint density at radius 1 is 1.04 bits per heavy atom. The van der Waals surface area contributed by atoms with Crippen LogP contribution in [0.4, 0.5) is 5.69 Å². The molecular formula is C19H18ClN3O. The van der Waals surface area contributed by atoms with E-state index in [9.17, 15) is 0 Å². The van der Waals surface area contributed by atoms with Crippen LogP contribution in [0.15, 0.2) is 54.9 Å². The fraction of sp³-hybridized carbons (Fsp3) is 0.158. The number of hydrogen-bond acceptors (Lipinski definition) is 4. The Morgan fingerprint density at radius 2 is 1.75 bits per heavy atom. The Labute approximate surface area is 146 Å². The highest BCUT2D eigenvalue weighted by atomic mass is 35.5. The summed E-state index contributed by atoms with van der Waals surface area (Å²) in [6.45, 7) is 3.95. The van der Waals surface area contributed by atoms with Crippen LogP contribution < -0.4 is 10.5 Å². The van der Waals surface area contributed by atoms with Gasteiger partial charge in [-0.3, -0.25) is 0 Å². The molecule has 0 radical (unpaired) electrons. The van der Waals surface area contributed by atoms with Gasteiger partial charge in [0.05, 0.1) is 0 Å². The van der Waals surface area contributed by atoms with Crippen molar-refractivity contribution in [3.05, 3.63) is 71.0 Å². The van der Waals surface area contributed by atoms with Gasteiger partial charge in [0.25, 0.3) is 0 Å². The molecular weight excluding hydrogens is 322 g/mol. The molecule has 3 rings (SSSR count). The number of rotatable bonds is 4. The predicted molar refractivity (Wildman–Crippen MR) is 97.1 cm³/mol. The van der Waals surface area contributed by atoms with Gasteiger partial charge in [-0.2, -0.15) is 0 Å². The molecule has 0 saturated heterocycles. The average molecular weight is 340 g/mol. The van der Waals surface area contributed by atoms with E-state index in [0.717, 1.165) is 16.7 Å². The summed E-state index contributed by atoms with van der Waals surface area (Å²) in [5.74, 6) is 0.464. The third-order valence-corrected chi connectivity index (χ3v) is 4.06. The normalized spacial score (nSPS) is 12.0. The average Bonchev–Trinajstić information content (AvgIpc) is 2.56. The van der Waals surface area contributed by atoms with E-state index < -0.39 is 0 Å². The van der Waals surface area contributed by atoms with Crippen molar-refractivity contribution in [3.8, 4) is 17.1 Å². The van der Waals surface area contributed by atoms with Gasteiger partial charge >= 0.3 is 0 Å². The van der Waals surface area contributed by atoms with Crippen LogP contribution in [0.2, 0.25) is 5.02 Å². The Kier molecular flexibility index (Phi) is 4.67. The number of halogens is 1. The minimum atomic E-state index is -0.248. The maximum atomic E-state index is 6.33. The molecule has 0 fully saturated rings. The van der Waals surface area contributed by atoms with E-state index in [-0.39, 0.29) is 6.10 Å². The molecule has 2 N–H and O–H groups in total. The van der Waals surface area contributed by atoms with E-state index in [1.54, 1.807) is 12.4 Å². The lowest BCUT2D eigenvalue weighted by atomic mass is 10.1. The van der Waals surface area contributed by atoms with Gasteiger partial charge < -0.3 is 10.5 Å². The van der Waals surface area contributed by atoms with Gasteiger partial charge in [-0.1, -0.05) is 35.9 Å². The Morgan fingerprint density at radius 3 is 2.46 bits per heavy atom. The zero-order chi connectivity index (χ0) is 17.1. The summed E-state index contributed by atoms with van der Waals surface area (Å²) in [6, 6.07) is 13.4. The van der Waals surface area contributed by atoms with Crippen molar-refractivity contribution in [2.75, 3.05) is 5.73 Å². The number of nitrogens with zero attached hydrogens (tertiary/aromatic N) is 2. The summed E-state index contributed by atoms with van der Waals surface area (Å²) < 4.78 is 6.05. The van der Waals surface area contributed by atoms with Gasteiger partial charge in [0.2, 0.25) is 5.88 Å². The molecule has 5 heteroatoms. The monoisotopic (exact) mass is 339 g/mol. The van der Waals surface area contributed by atoms with Crippen LogP contribution in [0.5, 0.6) is 5.88 Å². The summed E-state index contributed by atoms with van der Waals surface area (Å²) in [6.07, 6.45) is 3.00. The molecule has 0 amide bonds. The third-order valence-electron chi connectivity index (χ3n) is 3.73. The molecule has 24 heavy (non-hydrogen) atoms. The van der Waals surface area contributed by atoms with Crippen LogP contribution in [-0.2, 0) is 0 Å². The highest BCUT2D eigenvalue weighted by Gasteiger charge is 2.16. The maximum absolute atomic E-state index is 6.33. The van der Waals surface area contributed by atoms with Crippen LogP contribution in [0.25, 0.3) is 11.3 Å². The van der Waals surface area contributed by atoms with Crippen molar-refractivity contribution in [2.45, 2.75) is 20.0 Å². The molecule has 3 aromatic rings. The van der Waals surface area contributed by atoms with E-state index in [2.05, 4.69) is 9.97 Å². The number of anilines is 1. The fourth-order valence-corrected chi connectivity index (χ4v) is 2.83. The standard InChI is InChI=1S/C19H18ClN3O/c1-12-3-8-16(17(20)11-12)13(2)24-19-18(22-9-10-23-19)14-4-6-15(21)7-5-14/h3-11,13H,21H2,1-2H3/t13-/m1/s1. The molecule has 0 aliphatic heterocycles. The van der Waals surface area contributed by atoms with Gasteiger partial charge in [-0.05, 0) is 37.6 Å². The van der Waals surface area contributed by atoms with Crippen molar-refractivity contribution in [2.24, 2.45) is 0 Å². The Hall–Kier alpha value is -2.59. The number of nitrogens with two attached hydrogens (primary N) is 1. The predicted octanol–water partition coefficient (Wildman–Crippen LogP) is 4.83. The molecule has 1 heterocycles. The number of aryl methyl sites for hydroxylation is 1. The molecule has 122 valence electrons. The second-order valence-electron chi connectivity index (χ2n) is 5.62. The Balaban J connectivity index is 1.91. The molecule has 0 saturated carbocycles. The number of benzene rings is 2. The summed E-state index contributed by atoms with van der Waals surface area (Å²) in [7, 11) is 0. The first-order valence-corrected chi connectivity index (χ1v) is 8.02. The van der Waals surface area contributed by atoms with Gasteiger partial charge in [0.15, 0.2) is 0 Å². The molecule has 0 unspecified atom stereocenters. The molecule has 1 aromatic heterocycles. The molecule has 0 aliphatic carbocycles. The summed E-state index contributed by atoms with van der Waals surface area (Å²) in [4.78, 5) is 8.73. The molecule has 2 aromatic carbocycles. The van der Waals surface area contributed by atoms with Crippen LogP contribution >= 0.6 is 11.6 Å². The van der Waals surface area contributed by atoms with Gasteiger partial charge in [-0.15, -0.1) is 0 Å². The number of nitrogen functional groups attached to an aromatic ring is 1. The minimum Gasteiger partial charge on any atom is -0.468 e. The fourth-order valence-electron chi connectivity index (χ4n) is 2.44. The van der Waals surface area contributed by atoms with E-state index in [1.165, 1.54) is 0 Å². The maximum Gasteiger partial charge on any atom is 0.241 e. The number of hydrogen-bond donors (Lipinski definition) is 1. The second-order valence-corrected chi connectivity index (χ2v) is 6.02. The molecule has 0 aliphatic rings. The van der Waals surface area contributed by atoms with Crippen LogP contribution in [0, 0.1) is 6.92 Å². The second kappa shape index (κ2) is 6.89. The topological polar surface area (TPSA) is 61.0 Å². The zero-order valence-corrected chi connectivity index (χ0v) is 14.3. The van der Waals surface area contributed by atoms with Crippen LogP contribution in [0.1, 0.15) is 24.2 Å². The molecule has 1 atom stereocenters. The van der Waals surface area contributed by atoms with Crippen LogP contribution in [-0.4, -0.2) is 9.97 Å². The van der Waals surface area contributed by atoms with Crippen molar-refractivity contribution in [3.63, 3.8) is 0 Å². The van der Waals surface area contributed by atoms with E-state index in [0.29, 0.717) is 22.3 Å². The Bertz CT molecular complexity index is 849. The van der Waals surface area contributed by atoms with Gasteiger partial charge in [0, 0.05) is 34.2 Å². The lowest BCUT2D eigenvalue weighted by Crippen LogP contribution is -2.07. The summed E-state index contributed by atoms with van der Waals surface area (Å²) in [5.41, 5.74) is 10.0. The first kappa shape index (κ1) is 16.3. The number of aromatic nitrogens is 2. The molecule has 4 nitrogen and oxygen atoms in total. The van der Waals surface area contributed by atoms with Gasteiger partial charge in [-0.25, -0.2) is 9.97 Å². The summed E-state index contributed by atoms with van der Waals surface area (Å²) >= 11 is 6.33. The highest BCUT2D eigenvalue weighted by Crippen LogP contribution is 2.32. The minimum absolute atomic E-state index is 0.248. The lowest BCUT2D eigenvalue weighted by Gasteiger charge is -2.17. The molecule has 0 bridgehead atoms. The van der Waals surface area contributed by atoms with E-state index in [4.69, 9.17) is 22.1 Å². The largest absolute Gasteiger partial charge is 0.468 e. The van der Waals surface area contributed by atoms with E-state index >= 15 is 0 Å². The van der Waals surface area contributed by atoms with Crippen molar-refractivity contribution in [1.29, 1.82) is 0 Å². The summed E-state index contributed by atoms with van der Waals surface area (Å²) in [5, 5.41) is 0.681. The molecule has 0 spiro atoms. The quantitative estimate of drug-likeness (QED) is 0.692. The van der Waals surface area contributed by atoms with Gasteiger partial charge in [0.1, 0.15) is 11.8 Å². The third kappa shape index (κ3) is 3.49. The first-order valence-electron chi connectivity index (χ1n) is 7.64. The van der Waals surface area contributed by atoms with E-state index in [1.807, 2.05) is 56.3 Å². The van der Waals surface area contributed by atoms with Crippen molar-refractivity contribution in [1.82, 2.24) is 9.97 Å². The van der Waals surface area contributed by atoms with Crippen molar-refractivity contribution >= 4 is 17.3 Å².